The number of hydrogen-bond acceptors (Lipinski definition) is 4. The van der Waals surface area contributed by atoms with Gasteiger partial charge >= 0.3 is 0 Å². The van der Waals surface area contributed by atoms with Gasteiger partial charge in [-0.25, -0.2) is 8.42 Å². The van der Waals surface area contributed by atoms with E-state index in [1.54, 1.807) is 36.4 Å². The van der Waals surface area contributed by atoms with Crippen molar-refractivity contribution in [3.05, 3.63) is 59.7 Å². The molecule has 0 aliphatic heterocycles. The molecule has 1 amide bonds. The topological polar surface area (TPSA) is 90.3 Å². The van der Waals surface area contributed by atoms with Crippen LogP contribution in [0.15, 0.2) is 48.5 Å². The molecule has 0 atom stereocenters. The maximum atomic E-state index is 12.4. The average molecular weight is 371 g/mol. The highest BCUT2D eigenvalue weighted by Crippen LogP contribution is 2.22. The molecule has 0 aliphatic carbocycles. The van der Waals surface area contributed by atoms with E-state index in [4.69, 9.17) is 5.26 Å². The number of carbonyl (C=O) groups excluding carboxylic acids is 1. The second-order valence-corrected chi connectivity index (χ2v) is 8.13. The van der Waals surface area contributed by atoms with E-state index in [1.165, 1.54) is 0 Å². The zero-order chi connectivity index (χ0) is 19.3. The summed E-state index contributed by atoms with van der Waals surface area (Å²) in [4.78, 5) is 12.4. The number of nitriles is 1. The summed E-state index contributed by atoms with van der Waals surface area (Å²) in [6.07, 6.45) is 1.06. The normalized spacial score (nSPS) is 11.0. The number of nitrogens with zero attached hydrogens (tertiary/aromatic N) is 2. The van der Waals surface area contributed by atoms with Gasteiger partial charge in [0.1, 0.15) is 12.6 Å². The summed E-state index contributed by atoms with van der Waals surface area (Å²) < 4.78 is 25.4. The van der Waals surface area contributed by atoms with Crippen LogP contribution in [0.2, 0.25) is 0 Å². The van der Waals surface area contributed by atoms with Crippen LogP contribution in [0.25, 0.3) is 0 Å². The van der Waals surface area contributed by atoms with Crippen molar-refractivity contribution in [3.63, 3.8) is 0 Å². The first-order chi connectivity index (χ1) is 12.2. The summed E-state index contributed by atoms with van der Waals surface area (Å²) in [5.41, 5.74) is 2.16. The zero-order valence-electron chi connectivity index (χ0n) is 14.9. The third-order valence-corrected chi connectivity index (χ3v) is 5.00. The van der Waals surface area contributed by atoms with Gasteiger partial charge < -0.3 is 5.32 Å². The lowest BCUT2D eigenvalue weighted by molar-refractivity contribution is -0.114. The Morgan fingerprint density at radius 2 is 1.77 bits per heavy atom. The highest BCUT2D eigenvalue weighted by Gasteiger charge is 2.21. The van der Waals surface area contributed by atoms with Gasteiger partial charge in [-0.15, -0.1) is 0 Å². The van der Waals surface area contributed by atoms with Gasteiger partial charge in [0.25, 0.3) is 0 Å². The van der Waals surface area contributed by atoms with E-state index < -0.39 is 15.9 Å². The van der Waals surface area contributed by atoms with E-state index in [9.17, 15) is 13.2 Å². The third-order valence-electron chi connectivity index (χ3n) is 3.86. The summed E-state index contributed by atoms with van der Waals surface area (Å²) in [6.45, 7) is 3.71. The van der Waals surface area contributed by atoms with Gasteiger partial charge in [0.2, 0.25) is 15.9 Å². The lowest BCUT2D eigenvalue weighted by Crippen LogP contribution is -2.37. The minimum atomic E-state index is -3.65. The monoisotopic (exact) mass is 371 g/mol. The quantitative estimate of drug-likeness (QED) is 0.845. The number of anilines is 2. The van der Waals surface area contributed by atoms with Crippen molar-refractivity contribution in [3.8, 4) is 6.07 Å². The zero-order valence-corrected chi connectivity index (χ0v) is 15.7. The molecule has 2 rings (SSSR count). The molecule has 6 nitrogen and oxygen atoms in total. The lowest BCUT2D eigenvalue weighted by atomic mass is 10.0. The Labute approximate surface area is 154 Å². The molecule has 2 aromatic rings. The van der Waals surface area contributed by atoms with Gasteiger partial charge in [-0.2, -0.15) is 5.26 Å². The first kappa shape index (κ1) is 19.5. The van der Waals surface area contributed by atoms with Crippen molar-refractivity contribution in [2.75, 3.05) is 22.4 Å². The lowest BCUT2D eigenvalue weighted by Gasteiger charge is -2.22. The van der Waals surface area contributed by atoms with Crippen molar-refractivity contribution < 1.29 is 13.2 Å². The molecular formula is C19H21N3O3S. The maximum absolute atomic E-state index is 12.4. The van der Waals surface area contributed by atoms with Crippen LogP contribution < -0.4 is 9.62 Å². The number of sulfonamides is 1. The Morgan fingerprint density at radius 1 is 1.15 bits per heavy atom. The highest BCUT2D eigenvalue weighted by atomic mass is 32.2. The number of nitrogens with one attached hydrogen (secondary N) is 1. The molecule has 0 radical (unpaired) electrons. The number of para-hydroxylation sites is 1. The predicted octanol–water partition coefficient (Wildman–Crippen LogP) is 3.09. The van der Waals surface area contributed by atoms with Crippen LogP contribution in [0.1, 0.15) is 30.9 Å². The second kappa shape index (κ2) is 8.02. The van der Waals surface area contributed by atoms with E-state index >= 15 is 0 Å². The molecule has 1 N–H and O–H groups in total. The first-order valence-electron chi connectivity index (χ1n) is 8.09. The van der Waals surface area contributed by atoms with Gasteiger partial charge in [0.15, 0.2) is 0 Å². The minimum absolute atomic E-state index is 0.313. The Hall–Kier alpha value is -2.85. The van der Waals surface area contributed by atoms with Crippen LogP contribution in [-0.4, -0.2) is 27.1 Å². The molecule has 26 heavy (non-hydrogen) atoms. The molecule has 0 saturated carbocycles. The van der Waals surface area contributed by atoms with Crippen molar-refractivity contribution >= 4 is 27.3 Å². The molecule has 0 fully saturated rings. The SMILES string of the molecule is CC(C)c1ccc(N(CC(=O)Nc2ccccc2C#N)S(C)(=O)=O)cc1. The molecule has 7 heteroatoms. The summed E-state index contributed by atoms with van der Waals surface area (Å²) in [5, 5.41) is 11.7. The molecule has 0 aliphatic rings. The average Bonchev–Trinajstić information content (AvgIpc) is 2.59. The van der Waals surface area contributed by atoms with Crippen molar-refractivity contribution in [2.24, 2.45) is 0 Å². The van der Waals surface area contributed by atoms with Gasteiger partial charge in [0.05, 0.1) is 23.2 Å². The number of rotatable bonds is 6. The summed E-state index contributed by atoms with van der Waals surface area (Å²) >= 11 is 0. The number of carbonyl (C=O) groups is 1. The highest BCUT2D eigenvalue weighted by molar-refractivity contribution is 7.92. The summed E-state index contributed by atoms with van der Waals surface area (Å²) in [7, 11) is -3.65. The first-order valence-corrected chi connectivity index (χ1v) is 9.94. The number of hydrogen-bond donors (Lipinski definition) is 1. The molecule has 0 bridgehead atoms. The van der Waals surface area contributed by atoms with Crippen molar-refractivity contribution in [2.45, 2.75) is 19.8 Å². The molecule has 2 aromatic carbocycles. The van der Waals surface area contributed by atoms with E-state index in [1.807, 2.05) is 32.0 Å². The summed E-state index contributed by atoms with van der Waals surface area (Å²) in [6, 6.07) is 15.6. The van der Waals surface area contributed by atoms with Crippen LogP contribution in [0.4, 0.5) is 11.4 Å². The van der Waals surface area contributed by atoms with Gasteiger partial charge in [-0.3, -0.25) is 9.10 Å². The van der Waals surface area contributed by atoms with Crippen LogP contribution in [-0.2, 0) is 14.8 Å². The Morgan fingerprint density at radius 3 is 2.31 bits per heavy atom. The molecule has 0 aromatic heterocycles. The maximum Gasteiger partial charge on any atom is 0.245 e. The van der Waals surface area contributed by atoms with E-state index in [2.05, 4.69) is 5.32 Å². The number of amides is 1. The van der Waals surface area contributed by atoms with Crippen molar-refractivity contribution in [1.82, 2.24) is 0 Å². The van der Waals surface area contributed by atoms with Crippen LogP contribution in [0.3, 0.4) is 0 Å². The molecule has 0 heterocycles. The third kappa shape index (κ3) is 4.83. The fraction of sp³-hybridized carbons (Fsp3) is 0.263. The molecule has 0 unspecified atom stereocenters. The summed E-state index contributed by atoms with van der Waals surface area (Å²) in [5.74, 6) is -0.201. The van der Waals surface area contributed by atoms with Crippen molar-refractivity contribution in [1.29, 1.82) is 5.26 Å². The number of benzene rings is 2. The Kier molecular flexibility index (Phi) is 6.01. The molecular weight excluding hydrogens is 350 g/mol. The van der Waals surface area contributed by atoms with Gasteiger partial charge in [0, 0.05) is 0 Å². The van der Waals surface area contributed by atoms with Gasteiger partial charge in [-0.1, -0.05) is 38.1 Å². The molecule has 0 spiro atoms. The largest absolute Gasteiger partial charge is 0.323 e. The van der Waals surface area contributed by atoms with Crippen LogP contribution >= 0.6 is 0 Å². The van der Waals surface area contributed by atoms with Gasteiger partial charge in [-0.05, 0) is 35.7 Å². The minimum Gasteiger partial charge on any atom is -0.323 e. The van der Waals surface area contributed by atoms with Crippen LogP contribution in [0, 0.1) is 11.3 Å². The second-order valence-electron chi connectivity index (χ2n) is 6.22. The fourth-order valence-electron chi connectivity index (χ4n) is 2.44. The van der Waals surface area contributed by atoms with E-state index in [0.717, 1.165) is 16.1 Å². The smallest absolute Gasteiger partial charge is 0.245 e. The fourth-order valence-corrected chi connectivity index (χ4v) is 3.29. The Balaban J connectivity index is 2.23. The Bertz CT molecular complexity index is 929. The van der Waals surface area contributed by atoms with Crippen LogP contribution in [0.5, 0.6) is 0 Å². The predicted molar refractivity (Wildman–Crippen MR) is 103 cm³/mol. The standard InChI is InChI=1S/C19H21N3O3S/c1-14(2)15-8-10-17(11-9-15)22(26(3,24)25)13-19(23)21-18-7-5-4-6-16(18)12-20/h4-11,14H,13H2,1-3H3,(H,21,23). The molecule has 0 saturated heterocycles. The van der Waals surface area contributed by atoms with E-state index in [0.29, 0.717) is 22.9 Å². The van der Waals surface area contributed by atoms with E-state index in [-0.39, 0.29) is 6.54 Å². The molecule has 136 valence electrons.